The molecule has 0 unspecified atom stereocenters. The lowest BCUT2D eigenvalue weighted by atomic mass is 9.59. The number of rotatable bonds is 5. The average Bonchev–Trinajstić information content (AvgIpc) is 3.12. The molecular formula is C26H20Cl3FN2O4. The standard InChI is InChI=1S/C26H20Cl3FN2O4/c27-14-3-1-2-13(10-14)17-12-21(34)32-24(22-20(36-9-8-33)7-6-18(29)23(22)30)26(17)16-5-4-15(28)11-19(16)31-25(26)35/h1-7,10-11,17,24,33H,8-9,12H2,(H,31,35)(H,32,34)/t17-,24-,26-/m0/s1. The minimum Gasteiger partial charge on any atom is -0.491 e. The monoisotopic (exact) mass is 548 g/mol. The number of halogens is 4. The van der Waals surface area contributed by atoms with Crippen molar-refractivity contribution in [3.05, 3.63) is 92.2 Å². The van der Waals surface area contributed by atoms with Gasteiger partial charge in [0.1, 0.15) is 17.8 Å². The quantitative estimate of drug-likeness (QED) is 0.398. The molecule has 2 heterocycles. The summed E-state index contributed by atoms with van der Waals surface area (Å²) in [5, 5.41) is 15.7. The van der Waals surface area contributed by atoms with E-state index in [1.54, 1.807) is 42.5 Å². The van der Waals surface area contributed by atoms with Crippen molar-refractivity contribution in [2.75, 3.05) is 18.5 Å². The van der Waals surface area contributed by atoms with E-state index < -0.39 is 35.0 Å². The Balaban J connectivity index is 1.83. The molecule has 2 aliphatic heterocycles. The van der Waals surface area contributed by atoms with Gasteiger partial charge in [0, 0.05) is 28.1 Å². The zero-order valence-electron chi connectivity index (χ0n) is 18.7. The van der Waals surface area contributed by atoms with Crippen LogP contribution < -0.4 is 15.4 Å². The van der Waals surface area contributed by atoms with Crippen LogP contribution in [-0.4, -0.2) is 30.1 Å². The Labute approximate surface area is 221 Å². The van der Waals surface area contributed by atoms with Crippen LogP contribution in [0.3, 0.4) is 0 Å². The zero-order chi connectivity index (χ0) is 25.6. The van der Waals surface area contributed by atoms with Crippen LogP contribution in [0.15, 0.2) is 54.6 Å². The Morgan fingerprint density at radius 3 is 2.58 bits per heavy atom. The fraction of sp³-hybridized carbons (Fsp3) is 0.231. The number of hydrogen-bond acceptors (Lipinski definition) is 4. The van der Waals surface area contributed by atoms with Gasteiger partial charge in [-0.2, -0.15) is 0 Å². The maximum Gasteiger partial charge on any atom is 0.238 e. The highest BCUT2D eigenvalue weighted by molar-refractivity contribution is 6.31. The van der Waals surface area contributed by atoms with Gasteiger partial charge in [0.05, 0.1) is 23.2 Å². The molecule has 6 nitrogen and oxygen atoms in total. The molecule has 0 aromatic heterocycles. The van der Waals surface area contributed by atoms with Crippen LogP contribution in [0, 0.1) is 5.82 Å². The van der Waals surface area contributed by atoms with Crippen molar-refractivity contribution in [3.8, 4) is 5.75 Å². The molecule has 0 saturated carbocycles. The first-order valence-corrected chi connectivity index (χ1v) is 12.3. The molecule has 0 radical (unpaired) electrons. The first-order chi connectivity index (χ1) is 17.3. The number of piperidine rings is 1. The maximum absolute atomic E-state index is 15.8. The highest BCUT2D eigenvalue weighted by Crippen LogP contribution is 2.59. The SMILES string of the molecule is O=C1C[C@@H](c2cccc(Cl)c2)[C@]2(C(=O)Nc3cc(Cl)ccc32)[C@H](c2c(OCCO)ccc(Cl)c2F)N1. The molecule has 36 heavy (non-hydrogen) atoms. The van der Waals surface area contributed by atoms with Gasteiger partial charge in [-0.25, -0.2) is 4.39 Å². The predicted octanol–water partition coefficient (Wildman–Crippen LogP) is 5.39. The molecule has 3 aromatic carbocycles. The summed E-state index contributed by atoms with van der Waals surface area (Å²) >= 11 is 18.7. The Morgan fingerprint density at radius 2 is 1.83 bits per heavy atom. The summed E-state index contributed by atoms with van der Waals surface area (Å²) in [4.78, 5) is 27.1. The highest BCUT2D eigenvalue weighted by atomic mass is 35.5. The molecule has 0 aliphatic carbocycles. The predicted molar refractivity (Wildman–Crippen MR) is 135 cm³/mol. The van der Waals surface area contributed by atoms with Gasteiger partial charge in [0.15, 0.2) is 5.82 Å². The summed E-state index contributed by atoms with van der Waals surface area (Å²) in [5.41, 5.74) is 0.0521. The minimum atomic E-state index is -1.50. The first-order valence-electron chi connectivity index (χ1n) is 11.1. The summed E-state index contributed by atoms with van der Waals surface area (Å²) in [6.45, 7) is -0.448. The van der Waals surface area contributed by atoms with Gasteiger partial charge < -0.3 is 20.5 Å². The number of aliphatic hydroxyl groups excluding tert-OH is 1. The molecule has 186 valence electrons. The van der Waals surface area contributed by atoms with Gasteiger partial charge in [-0.3, -0.25) is 9.59 Å². The van der Waals surface area contributed by atoms with Crippen molar-refractivity contribution < 1.29 is 23.8 Å². The molecule has 1 saturated heterocycles. The van der Waals surface area contributed by atoms with Crippen LogP contribution in [0.25, 0.3) is 0 Å². The Hall–Kier alpha value is -2.84. The number of carbonyl (C=O) groups excluding carboxylic acids is 2. The molecule has 1 spiro atoms. The van der Waals surface area contributed by atoms with Gasteiger partial charge >= 0.3 is 0 Å². The topological polar surface area (TPSA) is 87.7 Å². The number of ether oxygens (including phenoxy) is 1. The van der Waals surface area contributed by atoms with Crippen molar-refractivity contribution in [2.45, 2.75) is 23.8 Å². The second kappa shape index (κ2) is 9.56. The minimum absolute atomic E-state index is 0.0533. The normalized spacial score (nSPS) is 22.8. The van der Waals surface area contributed by atoms with E-state index >= 15 is 4.39 Å². The molecule has 0 bridgehead atoms. The van der Waals surface area contributed by atoms with E-state index in [1.165, 1.54) is 12.1 Å². The smallest absolute Gasteiger partial charge is 0.238 e. The number of nitrogens with one attached hydrogen (secondary N) is 2. The van der Waals surface area contributed by atoms with Crippen LogP contribution >= 0.6 is 34.8 Å². The third-order valence-corrected chi connectivity index (χ3v) is 7.49. The fourth-order valence-corrected chi connectivity index (χ4v) is 5.88. The molecule has 1 fully saturated rings. The molecule has 2 amide bonds. The van der Waals surface area contributed by atoms with E-state index in [9.17, 15) is 14.7 Å². The van der Waals surface area contributed by atoms with Gasteiger partial charge in [0.25, 0.3) is 0 Å². The van der Waals surface area contributed by atoms with Crippen molar-refractivity contribution in [1.82, 2.24) is 5.32 Å². The average molecular weight is 550 g/mol. The molecule has 10 heteroatoms. The Bertz CT molecular complexity index is 1390. The molecular weight excluding hydrogens is 530 g/mol. The Kier molecular flexibility index (Phi) is 6.59. The number of anilines is 1. The van der Waals surface area contributed by atoms with E-state index in [4.69, 9.17) is 39.5 Å². The summed E-state index contributed by atoms with van der Waals surface area (Å²) in [5.74, 6) is -2.33. The number of fused-ring (bicyclic) bond motifs is 2. The number of benzene rings is 3. The Morgan fingerprint density at radius 1 is 1.06 bits per heavy atom. The summed E-state index contributed by atoms with van der Waals surface area (Å²) in [6.07, 6.45) is -0.0542. The number of hydrogen-bond donors (Lipinski definition) is 3. The highest BCUT2D eigenvalue weighted by Gasteiger charge is 2.62. The van der Waals surface area contributed by atoms with Crippen molar-refractivity contribution in [3.63, 3.8) is 0 Å². The number of aliphatic hydroxyl groups is 1. The first kappa shape index (κ1) is 24.8. The van der Waals surface area contributed by atoms with Gasteiger partial charge in [-0.05, 0) is 47.5 Å². The third kappa shape index (κ3) is 3.91. The molecule has 5 rings (SSSR count). The summed E-state index contributed by atoms with van der Waals surface area (Å²) in [6, 6.07) is 13.4. The molecule has 3 N–H and O–H groups in total. The van der Waals surface area contributed by atoms with Crippen LogP contribution in [0.2, 0.25) is 15.1 Å². The van der Waals surface area contributed by atoms with E-state index in [1.807, 2.05) is 0 Å². The molecule has 2 aliphatic rings. The van der Waals surface area contributed by atoms with Crippen LogP contribution in [-0.2, 0) is 15.0 Å². The molecule has 3 aromatic rings. The van der Waals surface area contributed by atoms with Crippen LogP contribution in [0.4, 0.5) is 10.1 Å². The molecule has 3 atom stereocenters. The number of amides is 2. The zero-order valence-corrected chi connectivity index (χ0v) is 20.9. The van der Waals surface area contributed by atoms with Crippen LogP contribution in [0.1, 0.15) is 35.1 Å². The van der Waals surface area contributed by atoms with Gasteiger partial charge in [-0.1, -0.05) is 53.0 Å². The fourth-order valence-electron chi connectivity index (χ4n) is 5.35. The van der Waals surface area contributed by atoms with Crippen LogP contribution in [0.5, 0.6) is 5.75 Å². The van der Waals surface area contributed by atoms with Crippen molar-refractivity contribution in [1.29, 1.82) is 0 Å². The van der Waals surface area contributed by atoms with Gasteiger partial charge in [0.2, 0.25) is 11.8 Å². The van der Waals surface area contributed by atoms with E-state index in [0.29, 0.717) is 26.9 Å². The second-order valence-corrected chi connectivity index (χ2v) is 9.95. The number of carbonyl (C=O) groups is 2. The largest absolute Gasteiger partial charge is 0.491 e. The van der Waals surface area contributed by atoms with Crippen molar-refractivity contribution >= 4 is 52.3 Å². The van der Waals surface area contributed by atoms with Gasteiger partial charge in [-0.15, -0.1) is 0 Å². The lowest BCUT2D eigenvalue weighted by Crippen LogP contribution is -2.57. The van der Waals surface area contributed by atoms with E-state index in [0.717, 1.165) is 0 Å². The van der Waals surface area contributed by atoms with E-state index in [2.05, 4.69) is 10.6 Å². The summed E-state index contributed by atoms with van der Waals surface area (Å²) in [7, 11) is 0. The summed E-state index contributed by atoms with van der Waals surface area (Å²) < 4.78 is 21.4. The second-order valence-electron chi connectivity index (χ2n) is 8.67. The van der Waals surface area contributed by atoms with E-state index in [-0.39, 0.29) is 36.0 Å². The lowest BCUT2D eigenvalue weighted by Gasteiger charge is -2.46. The lowest BCUT2D eigenvalue weighted by molar-refractivity contribution is -0.131. The third-order valence-electron chi connectivity index (χ3n) is 6.73. The maximum atomic E-state index is 15.8. The van der Waals surface area contributed by atoms with Crippen molar-refractivity contribution in [2.24, 2.45) is 0 Å².